The van der Waals surface area contributed by atoms with Crippen molar-refractivity contribution in [1.82, 2.24) is 50.2 Å². The summed E-state index contributed by atoms with van der Waals surface area (Å²) in [6, 6.07) is 43.6. The van der Waals surface area contributed by atoms with E-state index in [0.29, 0.717) is 81.3 Å². The molecule has 18 heteroatoms. The third kappa shape index (κ3) is 11.9. The molecule has 0 N–H and O–H groups in total. The van der Waals surface area contributed by atoms with Gasteiger partial charge in [-0.3, -0.25) is 9.80 Å². The van der Waals surface area contributed by atoms with Crippen LogP contribution < -0.4 is 0 Å². The number of nitrogens with zero attached hydrogens (tertiary/aromatic N) is 12. The number of nitriles is 2. The zero-order valence-corrected chi connectivity index (χ0v) is 44.1. The lowest BCUT2D eigenvalue weighted by atomic mass is 9.72. The van der Waals surface area contributed by atoms with Gasteiger partial charge in [0.25, 0.3) is 0 Å². The maximum Gasteiger partial charge on any atom is 0.205 e. The molecule has 2 fully saturated rings. The maximum atomic E-state index is 15.8. The van der Waals surface area contributed by atoms with Crippen LogP contribution in [-0.4, -0.2) is 87.7 Å². The van der Waals surface area contributed by atoms with Crippen molar-refractivity contribution in [3.05, 3.63) is 200 Å². The van der Waals surface area contributed by atoms with Gasteiger partial charge in [0.1, 0.15) is 23.0 Å². The molecule has 4 atom stereocenters. The summed E-state index contributed by atoms with van der Waals surface area (Å²) in [5.74, 6) is -1.45. The molecule has 2 aliphatic heterocycles. The van der Waals surface area contributed by atoms with Crippen LogP contribution in [0.1, 0.15) is 96.1 Å². The molecule has 2 aromatic heterocycles. The van der Waals surface area contributed by atoms with Gasteiger partial charge in [-0.15, -0.1) is 15.3 Å². The SMILES string of the molecule is Cn1nnc(-c2cc(F)cc(C(C3CN(C(c4ccc(Cl)cc4)c4cccc(C#N)c4)C3)C(C)(C)F)c2)n1.Cn1nnnc1-c1cc(F)cc(C(C2CN(C(c3ccc(Cl)cc3)c3cccc(C#N)c3)C2)C(C)(C)F)c1. The molecule has 388 valence electrons. The number of halogens is 6. The van der Waals surface area contributed by atoms with Crippen molar-refractivity contribution in [3.63, 3.8) is 0 Å². The number of alkyl halides is 2. The van der Waals surface area contributed by atoms with Crippen molar-refractivity contribution in [2.24, 2.45) is 25.9 Å². The van der Waals surface area contributed by atoms with E-state index in [0.717, 1.165) is 22.3 Å². The van der Waals surface area contributed by atoms with E-state index in [1.165, 1.54) is 33.7 Å². The molecule has 4 heterocycles. The first-order valence-corrected chi connectivity index (χ1v) is 25.5. The lowest BCUT2D eigenvalue weighted by Gasteiger charge is -2.50. The fraction of sp³-hybridized carbons (Fsp3) is 0.310. The van der Waals surface area contributed by atoms with E-state index < -0.39 is 34.8 Å². The molecule has 8 aromatic rings. The zero-order chi connectivity index (χ0) is 54.1. The Labute approximate surface area is 449 Å². The van der Waals surface area contributed by atoms with E-state index in [2.05, 4.69) is 52.9 Å². The van der Waals surface area contributed by atoms with Crippen LogP contribution >= 0.6 is 23.2 Å². The van der Waals surface area contributed by atoms with Gasteiger partial charge in [0.05, 0.1) is 42.4 Å². The molecule has 0 saturated carbocycles. The molecule has 76 heavy (non-hydrogen) atoms. The highest BCUT2D eigenvalue weighted by molar-refractivity contribution is 6.30. The third-order valence-electron chi connectivity index (χ3n) is 14.3. The molecule has 12 nitrogen and oxygen atoms in total. The fourth-order valence-electron chi connectivity index (χ4n) is 11.2. The Morgan fingerprint density at radius 1 is 0.553 bits per heavy atom. The second kappa shape index (κ2) is 22.1. The first-order chi connectivity index (χ1) is 36.3. The monoisotopic (exact) mass is 1060 g/mol. The number of aromatic nitrogens is 8. The minimum atomic E-state index is -1.60. The summed E-state index contributed by atoms with van der Waals surface area (Å²) in [5, 5.41) is 43.7. The van der Waals surface area contributed by atoms with Crippen LogP contribution in [-0.2, 0) is 14.1 Å². The molecular weight excluding hydrogens is 1010 g/mol. The Kier molecular flexibility index (Phi) is 15.5. The molecule has 0 spiro atoms. The van der Waals surface area contributed by atoms with Crippen LogP contribution in [0.2, 0.25) is 10.0 Å². The molecule has 0 bridgehead atoms. The minimum absolute atomic E-state index is 0.0591. The van der Waals surface area contributed by atoms with E-state index in [1.807, 2.05) is 84.9 Å². The average Bonchev–Trinajstić information content (AvgIpc) is 4.00. The summed E-state index contributed by atoms with van der Waals surface area (Å²) in [4.78, 5) is 5.82. The first kappa shape index (κ1) is 53.5. The van der Waals surface area contributed by atoms with Crippen LogP contribution in [0.15, 0.2) is 133 Å². The highest BCUT2D eigenvalue weighted by Gasteiger charge is 2.47. The van der Waals surface area contributed by atoms with Crippen molar-refractivity contribution < 1.29 is 17.6 Å². The Balaban J connectivity index is 0.000000186. The number of benzene rings is 6. The van der Waals surface area contributed by atoms with Gasteiger partial charge in [-0.05, 0) is 173 Å². The Morgan fingerprint density at radius 2 is 1.00 bits per heavy atom. The van der Waals surface area contributed by atoms with Gasteiger partial charge >= 0.3 is 0 Å². The minimum Gasteiger partial charge on any atom is -0.292 e. The lowest BCUT2D eigenvalue weighted by molar-refractivity contribution is 0.00798. The molecule has 6 aromatic carbocycles. The van der Waals surface area contributed by atoms with Crippen molar-refractivity contribution in [1.29, 1.82) is 10.5 Å². The van der Waals surface area contributed by atoms with Gasteiger partial charge in [-0.2, -0.15) is 15.3 Å². The van der Waals surface area contributed by atoms with E-state index in [4.69, 9.17) is 23.2 Å². The molecular formula is C58H54Cl2F4N12. The van der Waals surface area contributed by atoms with Gasteiger partial charge in [0, 0.05) is 66.2 Å². The number of tetrazole rings is 2. The summed E-state index contributed by atoms with van der Waals surface area (Å²) >= 11 is 12.3. The summed E-state index contributed by atoms with van der Waals surface area (Å²) in [5.41, 5.74) is 4.07. The van der Waals surface area contributed by atoms with Gasteiger partial charge in [-0.25, -0.2) is 22.2 Å². The second-order valence-corrected chi connectivity index (χ2v) is 21.5. The maximum absolute atomic E-state index is 15.8. The molecule has 10 rings (SSSR count). The van der Waals surface area contributed by atoms with Crippen molar-refractivity contribution in [3.8, 4) is 34.9 Å². The highest BCUT2D eigenvalue weighted by atomic mass is 35.5. The number of aryl methyl sites for hydroxylation is 2. The van der Waals surface area contributed by atoms with Gasteiger partial charge in [0.15, 0.2) is 5.82 Å². The van der Waals surface area contributed by atoms with Gasteiger partial charge < -0.3 is 0 Å². The lowest BCUT2D eigenvalue weighted by Crippen LogP contribution is -2.53. The topological polar surface area (TPSA) is 141 Å². The van der Waals surface area contributed by atoms with Gasteiger partial charge in [0.2, 0.25) is 5.82 Å². The number of hydrogen-bond acceptors (Lipinski definition) is 10. The highest BCUT2D eigenvalue weighted by Crippen LogP contribution is 2.48. The standard InChI is InChI=1S/2C29H27ClF2N6/c1-29(2,32)26(21-12-22(14-25(31)13-21)28-34-35-36-37(28)3)23-16-38(17-23)27(19-7-9-24(30)10-8-19)20-6-4-5-18(11-20)15-33;1-29(2,32)26(21-12-22(14-25(31)13-21)28-34-36-37(3)35-28)23-16-38(17-23)27(19-7-9-24(30)10-8-19)20-6-4-5-18(11-20)15-33/h2*4-14,23,26-27H,16-17H2,1-3H3. The summed E-state index contributed by atoms with van der Waals surface area (Å²) < 4.78 is 62.5. The van der Waals surface area contributed by atoms with E-state index in [-0.39, 0.29) is 23.9 Å². The molecule has 2 aliphatic rings. The number of likely N-dealkylation sites (tertiary alicyclic amines) is 2. The molecule has 4 unspecified atom stereocenters. The molecule has 2 saturated heterocycles. The quantitative estimate of drug-likeness (QED) is 0.0966. The summed E-state index contributed by atoms with van der Waals surface area (Å²) in [6.45, 7) is 8.55. The van der Waals surface area contributed by atoms with Crippen molar-refractivity contribution >= 4 is 23.2 Å². The van der Waals surface area contributed by atoms with E-state index in [9.17, 15) is 19.3 Å². The second-order valence-electron chi connectivity index (χ2n) is 20.7. The van der Waals surface area contributed by atoms with Gasteiger partial charge in [-0.1, -0.05) is 71.7 Å². The number of rotatable bonds is 14. The van der Waals surface area contributed by atoms with Crippen molar-refractivity contribution in [2.75, 3.05) is 26.2 Å². The van der Waals surface area contributed by atoms with E-state index >= 15 is 8.78 Å². The predicted molar refractivity (Wildman–Crippen MR) is 283 cm³/mol. The molecule has 0 radical (unpaired) electrons. The summed E-state index contributed by atoms with van der Waals surface area (Å²) in [7, 11) is 3.31. The fourth-order valence-corrected chi connectivity index (χ4v) is 11.4. The molecule has 0 amide bonds. The van der Waals surface area contributed by atoms with E-state index in [1.54, 1.807) is 66.1 Å². The Morgan fingerprint density at radius 3 is 1.39 bits per heavy atom. The van der Waals surface area contributed by atoms with Crippen LogP contribution in [0.5, 0.6) is 0 Å². The number of hydrogen-bond donors (Lipinski definition) is 0. The van der Waals surface area contributed by atoms with Crippen molar-refractivity contribution in [2.45, 2.75) is 63.0 Å². The average molecular weight is 1070 g/mol. The Bertz CT molecular complexity index is 3420. The zero-order valence-electron chi connectivity index (χ0n) is 42.6. The normalized spacial score (nSPS) is 16.0. The smallest absolute Gasteiger partial charge is 0.205 e. The van der Waals surface area contributed by atoms with Crippen LogP contribution in [0.4, 0.5) is 17.6 Å². The Hall–Kier alpha value is -7.34. The van der Waals surface area contributed by atoms with Crippen LogP contribution in [0, 0.1) is 46.1 Å². The summed E-state index contributed by atoms with van der Waals surface area (Å²) in [6.07, 6.45) is 0. The first-order valence-electron chi connectivity index (χ1n) is 24.7. The predicted octanol–water partition coefficient (Wildman–Crippen LogP) is 12.2. The van der Waals surface area contributed by atoms with Crippen LogP contribution in [0.3, 0.4) is 0 Å². The molecule has 0 aliphatic carbocycles. The third-order valence-corrected chi connectivity index (χ3v) is 14.8. The van der Waals surface area contributed by atoms with Crippen LogP contribution in [0.25, 0.3) is 22.8 Å². The largest absolute Gasteiger partial charge is 0.292 e.